The molecule has 3 aromatic heterocycles. The first kappa shape index (κ1) is 29.6. The lowest BCUT2D eigenvalue weighted by atomic mass is 9.99. The van der Waals surface area contributed by atoms with Crippen molar-refractivity contribution in [2.75, 3.05) is 0 Å². The van der Waals surface area contributed by atoms with Gasteiger partial charge in [-0.25, -0.2) is 29.9 Å². The summed E-state index contributed by atoms with van der Waals surface area (Å²) in [6, 6.07) is 50.5. The SMILES string of the molecule is c1ccc2c3c(ccc2c1)-c1nc-3nc2[nH]c(nc3nc(nc4[nH]c(n1)c1ccc5ccccc5c41)-c1c-3ccc3ccccc13)c1ccc3ccccc3c21. The van der Waals surface area contributed by atoms with Crippen molar-refractivity contribution < 1.29 is 0 Å². The second-order valence-corrected chi connectivity index (χ2v) is 14.4. The van der Waals surface area contributed by atoms with Gasteiger partial charge >= 0.3 is 0 Å². The third kappa shape index (κ3) is 4.07. The average molecular weight is 715 g/mol. The van der Waals surface area contributed by atoms with Gasteiger partial charge in [-0.3, -0.25) is 0 Å². The summed E-state index contributed by atoms with van der Waals surface area (Å²) in [5.41, 5.74) is 6.40. The van der Waals surface area contributed by atoms with Gasteiger partial charge in [0.15, 0.2) is 23.3 Å². The van der Waals surface area contributed by atoms with Crippen molar-refractivity contribution in [1.82, 2.24) is 39.9 Å². The van der Waals surface area contributed by atoms with Crippen LogP contribution in [-0.4, -0.2) is 39.9 Å². The van der Waals surface area contributed by atoms with Crippen LogP contribution in [0.1, 0.15) is 0 Å². The maximum atomic E-state index is 5.40. The lowest BCUT2D eigenvalue weighted by Gasteiger charge is -2.04. The second kappa shape index (κ2) is 10.9. The van der Waals surface area contributed by atoms with Gasteiger partial charge < -0.3 is 9.97 Å². The van der Waals surface area contributed by atoms with Crippen LogP contribution in [0.4, 0.5) is 0 Å². The van der Waals surface area contributed by atoms with Gasteiger partial charge in [-0.2, -0.15) is 0 Å². The molecule has 0 atom stereocenters. The molecule has 2 N–H and O–H groups in total. The molecule has 0 spiro atoms. The van der Waals surface area contributed by atoms with Gasteiger partial charge in [0, 0.05) is 43.8 Å². The van der Waals surface area contributed by atoms with Crippen LogP contribution in [-0.2, 0) is 0 Å². The predicted molar refractivity (Wildman–Crippen MR) is 226 cm³/mol. The first-order chi connectivity index (χ1) is 27.7. The van der Waals surface area contributed by atoms with Gasteiger partial charge in [0.25, 0.3) is 0 Å². The zero-order chi connectivity index (χ0) is 36.5. The Kier molecular flexibility index (Phi) is 5.74. The third-order valence-corrected chi connectivity index (χ3v) is 11.4. The Balaban J connectivity index is 1.28. The molecule has 0 aliphatic carbocycles. The summed E-state index contributed by atoms with van der Waals surface area (Å²) in [5.74, 6) is 2.33. The standard InChI is InChI=1S/C48H26N8/c1-5-13-29-25(9-1)17-21-33-37(29)45-51-41(33)49-42-35-23-19-27-11-3-7-15-31(27)39(35)47(53-42)56-48-40-32-16-8-4-12-28(32)20-24-36(40)44(54-48)50-43-34-22-18-26-10-2-6-14-30(26)38(34)46(52-43)55-45/h1-24H,(H2,49,50,51,52,53,54,55,56). The Morgan fingerprint density at radius 1 is 0.268 bits per heavy atom. The van der Waals surface area contributed by atoms with E-state index in [1.54, 1.807) is 0 Å². The fraction of sp³-hybridized carbons (Fsp3) is 0. The van der Waals surface area contributed by atoms with Gasteiger partial charge in [-0.1, -0.05) is 121 Å². The highest BCUT2D eigenvalue weighted by molar-refractivity contribution is 6.20. The van der Waals surface area contributed by atoms with Crippen molar-refractivity contribution in [2.45, 2.75) is 0 Å². The maximum absolute atomic E-state index is 5.40. The number of aromatic amines is 2. The van der Waals surface area contributed by atoms with Crippen LogP contribution in [0.25, 0.3) is 133 Å². The molecule has 258 valence electrons. The molecule has 13 rings (SSSR count). The smallest absolute Gasteiger partial charge is 0.165 e. The van der Waals surface area contributed by atoms with Crippen molar-refractivity contribution in [3.63, 3.8) is 0 Å². The Hall–Kier alpha value is -7.84. The number of benzene rings is 8. The maximum Gasteiger partial charge on any atom is 0.165 e. The summed E-state index contributed by atoms with van der Waals surface area (Å²) >= 11 is 0. The summed E-state index contributed by atoms with van der Waals surface area (Å²) in [5, 5.41) is 12.5. The summed E-state index contributed by atoms with van der Waals surface area (Å²) in [6.45, 7) is 0. The molecule has 0 amide bonds. The number of rotatable bonds is 0. The van der Waals surface area contributed by atoms with E-state index in [9.17, 15) is 0 Å². The van der Waals surface area contributed by atoms with Crippen molar-refractivity contribution >= 4 is 87.2 Å². The molecule has 5 heterocycles. The van der Waals surface area contributed by atoms with Crippen LogP contribution in [0.15, 0.2) is 146 Å². The van der Waals surface area contributed by atoms with Gasteiger partial charge in [0.1, 0.15) is 22.6 Å². The highest BCUT2D eigenvalue weighted by atomic mass is 15.1. The Bertz CT molecular complexity index is 3480. The van der Waals surface area contributed by atoms with Crippen LogP contribution in [0.2, 0.25) is 0 Å². The normalized spacial score (nSPS) is 12.3. The van der Waals surface area contributed by atoms with E-state index in [0.717, 1.165) is 86.9 Å². The molecule has 0 fully saturated rings. The quantitative estimate of drug-likeness (QED) is 0.162. The number of hydrogen-bond donors (Lipinski definition) is 2. The molecule has 2 aliphatic rings. The number of H-pyrrole nitrogens is 2. The summed E-state index contributed by atoms with van der Waals surface area (Å²) in [4.78, 5) is 39.2. The highest BCUT2D eigenvalue weighted by Crippen LogP contribution is 2.43. The van der Waals surface area contributed by atoms with E-state index in [1.165, 1.54) is 0 Å². The van der Waals surface area contributed by atoms with Gasteiger partial charge in [-0.15, -0.1) is 0 Å². The molecule has 0 unspecified atom stereocenters. The van der Waals surface area contributed by atoms with Crippen molar-refractivity contribution in [2.24, 2.45) is 0 Å². The zero-order valence-electron chi connectivity index (χ0n) is 29.5. The molecule has 8 nitrogen and oxygen atoms in total. The minimum absolute atomic E-state index is 0.579. The largest absolute Gasteiger partial charge is 0.324 e. The monoisotopic (exact) mass is 714 g/mol. The van der Waals surface area contributed by atoms with Crippen LogP contribution in [0.5, 0.6) is 0 Å². The van der Waals surface area contributed by atoms with E-state index in [0.29, 0.717) is 45.9 Å². The minimum atomic E-state index is 0.579. The van der Waals surface area contributed by atoms with Gasteiger partial charge in [0.2, 0.25) is 0 Å². The molecule has 8 bridgehead atoms. The Labute approximate surface area is 317 Å². The molecule has 8 heteroatoms. The van der Waals surface area contributed by atoms with Crippen molar-refractivity contribution in [3.05, 3.63) is 146 Å². The van der Waals surface area contributed by atoms with Crippen molar-refractivity contribution in [3.8, 4) is 45.6 Å². The Morgan fingerprint density at radius 2 is 0.625 bits per heavy atom. The van der Waals surface area contributed by atoms with Gasteiger partial charge in [-0.05, 0) is 67.4 Å². The first-order valence-electron chi connectivity index (χ1n) is 18.6. The number of hydrogen-bond acceptors (Lipinski definition) is 6. The van der Waals surface area contributed by atoms with Crippen LogP contribution < -0.4 is 0 Å². The third-order valence-electron chi connectivity index (χ3n) is 11.4. The van der Waals surface area contributed by atoms with Crippen LogP contribution >= 0.6 is 0 Å². The first-order valence-corrected chi connectivity index (χ1v) is 18.6. The Morgan fingerprint density at radius 3 is 1.07 bits per heavy atom. The zero-order valence-corrected chi connectivity index (χ0v) is 29.5. The van der Waals surface area contributed by atoms with Crippen LogP contribution in [0.3, 0.4) is 0 Å². The fourth-order valence-electron chi connectivity index (χ4n) is 8.86. The van der Waals surface area contributed by atoms with E-state index < -0.39 is 0 Å². The molecule has 0 saturated heterocycles. The van der Waals surface area contributed by atoms with E-state index in [1.807, 2.05) is 0 Å². The summed E-state index contributed by atoms with van der Waals surface area (Å²) in [7, 11) is 0. The molecule has 2 aliphatic heterocycles. The topological polar surface area (TPSA) is 109 Å². The van der Waals surface area contributed by atoms with E-state index >= 15 is 0 Å². The lowest BCUT2D eigenvalue weighted by Crippen LogP contribution is -1.85. The molecule has 8 aromatic carbocycles. The van der Waals surface area contributed by atoms with E-state index in [4.69, 9.17) is 29.9 Å². The number of nitrogens with one attached hydrogen (secondary N) is 2. The predicted octanol–water partition coefficient (Wildman–Crippen LogP) is 11.5. The molecule has 0 radical (unpaired) electrons. The highest BCUT2D eigenvalue weighted by Gasteiger charge is 2.25. The van der Waals surface area contributed by atoms with E-state index in [-0.39, 0.29) is 0 Å². The summed E-state index contributed by atoms with van der Waals surface area (Å²) in [6.07, 6.45) is 0. The molecule has 56 heavy (non-hydrogen) atoms. The number of fused-ring (bicyclic) bond motifs is 28. The fourth-order valence-corrected chi connectivity index (χ4v) is 8.86. The average Bonchev–Trinajstić information content (AvgIpc) is 3.99. The number of nitrogens with zero attached hydrogens (tertiary/aromatic N) is 6. The van der Waals surface area contributed by atoms with Crippen molar-refractivity contribution in [1.29, 1.82) is 0 Å². The van der Waals surface area contributed by atoms with Gasteiger partial charge in [0.05, 0.1) is 0 Å². The molecule has 11 aromatic rings. The number of aromatic nitrogens is 8. The second-order valence-electron chi connectivity index (χ2n) is 14.4. The van der Waals surface area contributed by atoms with Crippen LogP contribution in [0, 0.1) is 0 Å². The molecule has 0 saturated carbocycles. The minimum Gasteiger partial charge on any atom is -0.324 e. The summed E-state index contributed by atoms with van der Waals surface area (Å²) < 4.78 is 0. The molecular weight excluding hydrogens is 689 g/mol. The lowest BCUT2D eigenvalue weighted by molar-refractivity contribution is 1.19. The van der Waals surface area contributed by atoms with E-state index in [2.05, 4.69) is 156 Å². The molecular formula is C48H26N8.